The number of rotatable bonds is 9. The van der Waals surface area contributed by atoms with Crippen LogP contribution in [0.4, 0.5) is 13.2 Å². The van der Waals surface area contributed by atoms with Crippen LogP contribution in [0.2, 0.25) is 0 Å². The van der Waals surface area contributed by atoms with Crippen LogP contribution in [0.1, 0.15) is 16.7 Å². The van der Waals surface area contributed by atoms with Crippen LogP contribution >= 0.6 is 34.4 Å². The largest absolute Gasteiger partial charge is 0.481 e. The first kappa shape index (κ1) is 25.2. The average molecular weight is 584 g/mol. The lowest BCUT2D eigenvalue weighted by Gasteiger charge is -2.15. The lowest BCUT2D eigenvalue weighted by atomic mass is 9.92. The van der Waals surface area contributed by atoms with Gasteiger partial charge in [-0.3, -0.25) is 0 Å². The van der Waals surface area contributed by atoms with E-state index in [0.717, 1.165) is 19.6 Å². The molecule has 172 valence electrons. The first-order chi connectivity index (χ1) is 15.7. The molecule has 0 heterocycles. The number of carbonyl (C=O) groups is 1. The summed E-state index contributed by atoms with van der Waals surface area (Å²) in [6.45, 7) is -0.414. The van der Waals surface area contributed by atoms with Gasteiger partial charge in [0.1, 0.15) is 5.75 Å². The quantitative estimate of drug-likeness (QED) is 0.216. The SMILES string of the molecule is O=C(O)COc1ccc(SCC=C(c2ccccc2)c2ccccc2CC(F)(F)F)cc1I. The minimum Gasteiger partial charge on any atom is -0.481 e. The molecule has 0 spiro atoms. The zero-order valence-corrected chi connectivity index (χ0v) is 20.3. The highest BCUT2D eigenvalue weighted by Crippen LogP contribution is 2.32. The van der Waals surface area contributed by atoms with Crippen molar-refractivity contribution < 1.29 is 27.8 Å². The zero-order valence-electron chi connectivity index (χ0n) is 17.3. The van der Waals surface area contributed by atoms with Gasteiger partial charge in [0.25, 0.3) is 0 Å². The molecule has 8 heteroatoms. The van der Waals surface area contributed by atoms with Crippen LogP contribution in [0, 0.1) is 3.57 Å². The van der Waals surface area contributed by atoms with Gasteiger partial charge in [-0.15, -0.1) is 11.8 Å². The molecule has 0 amide bonds. The molecule has 0 saturated carbocycles. The summed E-state index contributed by atoms with van der Waals surface area (Å²) in [5.74, 6) is -0.0201. The van der Waals surface area contributed by atoms with Gasteiger partial charge in [0, 0.05) is 10.6 Å². The van der Waals surface area contributed by atoms with Gasteiger partial charge < -0.3 is 9.84 Å². The fourth-order valence-corrected chi connectivity index (χ4v) is 4.89. The Hall–Kier alpha value is -2.46. The first-order valence-corrected chi connectivity index (χ1v) is 12.0. The molecule has 0 aliphatic heterocycles. The normalized spacial score (nSPS) is 11.9. The Balaban J connectivity index is 1.85. The number of carboxylic acid groups (broad SMARTS) is 1. The van der Waals surface area contributed by atoms with E-state index in [4.69, 9.17) is 9.84 Å². The Morgan fingerprint density at radius 3 is 2.39 bits per heavy atom. The summed E-state index contributed by atoms with van der Waals surface area (Å²) in [6.07, 6.45) is -3.35. The monoisotopic (exact) mass is 584 g/mol. The van der Waals surface area contributed by atoms with Gasteiger partial charge in [0.2, 0.25) is 0 Å². The second-order valence-electron chi connectivity index (χ2n) is 7.02. The number of carboxylic acids is 1. The molecule has 33 heavy (non-hydrogen) atoms. The molecule has 0 aliphatic carbocycles. The van der Waals surface area contributed by atoms with Gasteiger partial charge in [-0.1, -0.05) is 60.7 Å². The molecule has 3 nitrogen and oxygen atoms in total. The van der Waals surface area contributed by atoms with Crippen LogP contribution < -0.4 is 4.74 Å². The molecule has 0 atom stereocenters. The number of benzene rings is 3. The Morgan fingerprint density at radius 1 is 1.03 bits per heavy atom. The molecule has 0 unspecified atom stereocenters. The Labute approximate surface area is 207 Å². The summed E-state index contributed by atoms with van der Waals surface area (Å²) in [5.41, 5.74) is 2.40. The van der Waals surface area contributed by atoms with E-state index in [1.165, 1.54) is 17.8 Å². The van der Waals surface area contributed by atoms with E-state index in [0.29, 0.717) is 17.1 Å². The van der Waals surface area contributed by atoms with Gasteiger partial charge in [-0.25, -0.2) is 4.79 Å². The van der Waals surface area contributed by atoms with Gasteiger partial charge in [-0.2, -0.15) is 13.2 Å². The fourth-order valence-electron chi connectivity index (χ4n) is 3.20. The van der Waals surface area contributed by atoms with E-state index in [9.17, 15) is 18.0 Å². The second kappa shape index (κ2) is 11.6. The van der Waals surface area contributed by atoms with E-state index in [1.54, 1.807) is 24.3 Å². The molecule has 1 N–H and O–H groups in total. The predicted octanol–water partition coefficient (Wildman–Crippen LogP) is 7.08. The first-order valence-electron chi connectivity index (χ1n) is 9.90. The molecule has 0 bridgehead atoms. The summed E-state index contributed by atoms with van der Waals surface area (Å²) < 4.78 is 45.5. The van der Waals surface area contributed by atoms with E-state index >= 15 is 0 Å². The predicted molar refractivity (Wildman–Crippen MR) is 133 cm³/mol. The third kappa shape index (κ3) is 7.82. The number of halogens is 4. The molecule has 3 aromatic carbocycles. The number of thioether (sulfide) groups is 1. The molecular formula is C25H20F3IO3S. The summed E-state index contributed by atoms with van der Waals surface area (Å²) in [4.78, 5) is 11.6. The lowest BCUT2D eigenvalue weighted by Crippen LogP contribution is -2.13. The summed E-state index contributed by atoms with van der Waals surface area (Å²) in [5, 5.41) is 8.76. The molecular weight excluding hydrogens is 564 g/mol. The van der Waals surface area contributed by atoms with Gasteiger partial charge in [0.05, 0.1) is 9.99 Å². The summed E-state index contributed by atoms with van der Waals surface area (Å²) >= 11 is 3.61. The van der Waals surface area contributed by atoms with Crippen molar-refractivity contribution in [3.05, 3.63) is 99.1 Å². The van der Waals surface area contributed by atoms with Gasteiger partial charge in [-0.05, 0) is 63.1 Å². The maximum atomic E-state index is 13.2. The number of hydrogen-bond donors (Lipinski definition) is 1. The highest BCUT2D eigenvalue weighted by molar-refractivity contribution is 14.1. The van der Waals surface area contributed by atoms with Gasteiger partial charge in [0.15, 0.2) is 6.61 Å². The Bertz CT molecular complexity index is 1130. The van der Waals surface area contributed by atoms with Crippen LogP contribution in [0.25, 0.3) is 5.57 Å². The lowest BCUT2D eigenvalue weighted by molar-refractivity contribution is -0.139. The van der Waals surface area contributed by atoms with E-state index in [1.807, 2.05) is 48.5 Å². The maximum Gasteiger partial charge on any atom is 0.393 e. The van der Waals surface area contributed by atoms with Crippen molar-refractivity contribution in [1.82, 2.24) is 0 Å². The highest BCUT2D eigenvalue weighted by Gasteiger charge is 2.29. The number of hydrogen-bond acceptors (Lipinski definition) is 3. The fraction of sp³-hybridized carbons (Fsp3) is 0.160. The Kier molecular flexibility index (Phi) is 8.85. The van der Waals surface area contributed by atoms with Crippen LogP contribution in [0.15, 0.2) is 83.8 Å². The standard InChI is InChI=1S/C25H20F3IO3S/c26-25(27,28)15-18-8-4-5-9-20(18)21(17-6-2-1-3-7-17)12-13-33-19-10-11-23(22(29)14-19)32-16-24(30)31/h1-12,14H,13,15-16H2,(H,30,31). The number of aliphatic carboxylic acids is 1. The second-order valence-corrected chi connectivity index (χ2v) is 9.27. The van der Waals surface area contributed by atoms with Crippen molar-refractivity contribution in [3.8, 4) is 5.75 Å². The topological polar surface area (TPSA) is 46.5 Å². The number of ether oxygens (including phenoxy) is 1. The third-order valence-corrected chi connectivity index (χ3v) is 6.34. The van der Waals surface area contributed by atoms with Gasteiger partial charge >= 0.3 is 12.1 Å². The molecule has 3 rings (SSSR count). The molecule has 0 fully saturated rings. The summed E-state index contributed by atoms with van der Waals surface area (Å²) in [6, 6.07) is 21.4. The van der Waals surface area contributed by atoms with Crippen molar-refractivity contribution >= 4 is 45.9 Å². The zero-order chi connectivity index (χ0) is 23.8. The maximum absolute atomic E-state index is 13.2. The van der Waals surface area contributed by atoms with Crippen molar-refractivity contribution in [1.29, 1.82) is 0 Å². The van der Waals surface area contributed by atoms with Crippen molar-refractivity contribution in [2.75, 3.05) is 12.4 Å². The van der Waals surface area contributed by atoms with Crippen molar-refractivity contribution in [2.45, 2.75) is 17.5 Å². The third-order valence-electron chi connectivity index (χ3n) is 4.58. The molecule has 0 radical (unpaired) electrons. The average Bonchev–Trinajstić information content (AvgIpc) is 2.76. The van der Waals surface area contributed by atoms with Crippen LogP contribution in [0.3, 0.4) is 0 Å². The molecule has 0 saturated heterocycles. The summed E-state index contributed by atoms with van der Waals surface area (Å²) in [7, 11) is 0. The smallest absolute Gasteiger partial charge is 0.393 e. The molecule has 0 aliphatic rings. The van der Waals surface area contributed by atoms with Crippen LogP contribution in [-0.2, 0) is 11.2 Å². The van der Waals surface area contributed by atoms with E-state index < -0.39 is 25.2 Å². The minimum absolute atomic E-state index is 0.236. The number of alkyl halides is 3. The molecule has 0 aromatic heterocycles. The van der Waals surface area contributed by atoms with Crippen LogP contribution in [0.5, 0.6) is 5.75 Å². The van der Waals surface area contributed by atoms with E-state index in [-0.39, 0.29) is 5.56 Å². The Morgan fingerprint density at radius 2 is 1.73 bits per heavy atom. The highest BCUT2D eigenvalue weighted by atomic mass is 127. The van der Waals surface area contributed by atoms with E-state index in [2.05, 4.69) is 22.6 Å². The minimum atomic E-state index is -4.30. The van der Waals surface area contributed by atoms with Crippen molar-refractivity contribution in [3.63, 3.8) is 0 Å². The van der Waals surface area contributed by atoms with Crippen molar-refractivity contribution in [2.24, 2.45) is 0 Å². The van der Waals surface area contributed by atoms with Crippen LogP contribution in [-0.4, -0.2) is 29.6 Å². The molecule has 3 aromatic rings.